The molecule has 0 saturated carbocycles. The van der Waals surface area contributed by atoms with Gasteiger partial charge in [-0.1, -0.05) is 24.3 Å². The van der Waals surface area contributed by atoms with Crippen molar-refractivity contribution in [2.24, 2.45) is 0 Å². The van der Waals surface area contributed by atoms with E-state index in [9.17, 15) is 31.9 Å². The molecule has 4 rings (SSSR count). The van der Waals surface area contributed by atoms with E-state index in [1.54, 1.807) is 62.1 Å². The third-order valence-electron chi connectivity index (χ3n) is 6.86. The maximum Gasteiger partial charge on any atom is 0.416 e. The standard InChI is InChI=1S/C33H36F4N4O5/c1-32(2,3)46-31(44)39-25-12-13-40(19-25)30(43)21-41(26-8-7-11-28(17-26)45-27-9-5-4-6-10-27)20-29(42)38-18-22-14-23(33(35,36)37)16-24(34)15-22/h4-11,14-17,25H,12-13,18-21H2,1-3H3,(H,38,42)(H,39,44). The number of hydrogen-bond acceptors (Lipinski definition) is 6. The van der Waals surface area contributed by atoms with Gasteiger partial charge in [0, 0.05) is 31.4 Å². The Labute approximate surface area is 264 Å². The van der Waals surface area contributed by atoms with E-state index >= 15 is 0 Å². The number of benzene rings is 3. The Morgan fingerprint density at radius 2 is 1.65 bits per heavy atom. The first-order valence-electron chi connectivity index (χ1n) is 14.6. The molecule has 246 valence electrons. The lowest BCUT2D eigenvalue weighted by Gasteiger charge is -2.27. The van der Waals surface area contributed by atoms with Gasteiger partial charge in [-0.25, -0.2) is 9.18 Å². The first kappa shape index (κ1) is 34.1. The van der Waals surface area contributed by atoms with E-state index in [1.807, 2.05) is 18.2 Å². The van der Waals surface area contributed by atoms with Gasteiger partial charge in [-0.2, -0.15) is 13.2 Å². The summed E-state index contributed by atoms with van der Waals surface area (Å²) in [5.74, 6) is -0.967. The molecule has 13 heteroatoms. The highest BCUT2D eigenvalue weighted by Crippen LogP contribution is 2.30. The second-order valence-corrected chi connectivity index (χ2v) is 11.9. The predicted octanol–water partition coefficient (Wildman–Crippen LogP) is 5.89. The zero-order valence-corrected chi connectivity index (χ0v) is 25.7. The van der Waals surface area contributed by atoms with Crippen molar-refractivity contribution in [2.45, 2.75) is 51.6 Å². The maximum absolute atomic E-state index is 13.9. The molecule has 3 amide bonds. The fourth-order valence-electron chi connectivity index (χ4n) is 4.79. The summed E-state index contributed by atoms with van der Waals surface area (Å²) in [6.45, 7) is 4.95. The summed E-state index contributed by atoms with van der Waals surface area (Å²) in [5.41, 5.74) is -1.43. The van der Waals surface area contributed by atoms with Gasteiger partial charge >= 0.3 is 12.3 Å². The fourth-order valence-corrected chi connectivity index (χ4v) is 4.79. The number of carbonyl (C=O) groups is 3. The van der Waals surface area contributed by atoms with Crippen molar-refractivity contribution in [1.82, 2.24) is 15.5 Å². The van der Waals surface area contributed by atoms with Crippen LogP contribution in [-0.4, -0.2) is 60.6 Å². The Kier molecular flexibility index (Phi) is 10.8. The van der Waals surface area contributed by atoms with Gasteiger partial charge in [-0.3, -0.25) is 9.59 Å². The molecule has 0 radical (unpaired) electrons. The molecule has 2 N–H and O–H groups in total. The molecular weight excluding hydrogens is 608 g/mol. The molecule has 0 aliphatic carbocycles. The topological polar surface area (TPSA) is 100 Å². The molecule has 1 unspecified atom stereocenters. The van der Waals surface area contributed by atoms with Crippen LogP contribution in [0.4, 0.5) is 28.0 Å². The summed E-state index contributed by atoms with van der Waals surface area (Å²) in [4.78, 5) is 41.8. The molecule has 0 spiro atoms. The number of alkyl halides is 3. The quantitative estimate of drug-likeness (QED) is 0.267. The second kappa shape index (κ2) is 14.5. The van der Waals surface area contributed by atoms with Gasteiger partial charge in [0.1, 0.15) is 22.9 Å². The molecule has 0 bridgehead atoms. The summed E-state index contributed by atoms with van der Waals surface area (Å²) < 4.78 is 64.5. The zero-order chi connectivity index (χ0) is 33.5. The van der Waals surface area contributed by atoms with Crippen molar-refractivity contribution in [3.8, 4) is 11.5 Å². The highest BCUT2D eigenvalue weighted by molar-refractivity contribution is 5.87. The minimum Gasteiger partial charge on any atom is -0.457 e. The van der Waals surface area contributed by atoms with Crippen LogP contribution in [0.3, 0.4) is 0 Å². The normalized spacial score (nSPS) is 14.8. The molecule has 9 nitrogen and oxygen atoms in total. The number of nitrogens with one attached hydrogen (secondary N) is 2. The first-order chi connectivity index (χ1) is 21.6. The van der Waals surface area contributed by atoms with Crippen LogP contribution in [0.1, 0.15) is 38.3 Å². The summed E-state index contributed by atoms with van der Waals surface area (Å²) >= 11 is 0. The minimum absolute atomic E-state index is 0.0674. The van der Waals surface area contributed by atoms with E-state index in [1.165, 1.54) is 4.90 Å². The predicted molar refractivity (Wildman–Crippen MR) is 163 cm³/mol. The van der Waals surface area contributed by atoms with E-state index in [4.69, 9.17) is 9.47 Å². The SMILES string of the molecule is CC(C)(C)OC(=O)NC1CCN(C(=O)CN(CC(=O)NCc2cc(F)cc(C(F)(F)F)c2)c2cccc(Oc3ccccc3)c2)C1. The largest absolute Gasteiger partial charge is 0.457 e. The lowest BCUT2D eigenvalue weighted by molar-refractivity contribution is -0.137. The average molecular weight is 645 g/mol. The van der Waals surface area contributed by atoms with Crippen LogP contribution in [0.2, 0.25) is 0 Å². The number of rotatable bonds is 10. The number of para-hydroxylation sites is 1. The van der Waals surface area contributed by atoms with Gasteiger partial charge in [0.15, 0.2) is 0 Å². The van der Waals surface area contributed by atoms with Crippen LogP contribution in [0.25, 0.3) is 0 Å². The lowest BCUT2D eigenvalue weighted by Crippen LogP contribution is -2.45. The first-order valence-corrected chi connectivity index (χ1v) is 14.6. The van der Waals surface area contributed by atoms with Crippen molar-refractivity contribution in [1.29, 1.82) is 0 Å². The Morgan fingerprint density at radius 3 is 2.35 bits per heavy atom. The number of ether oxygens (including phenoxy) is 2. The van der Waals surface area contributed by atoms with Crippen LogP contribution in [0.15, 0.2) is 72.8 Å². The molecular formula is C33H36F4N4O5. The number of anilines is 1. The minimum atomic E-state index is -4.75. The number of carbonyl (C=O) groups excluding carboxylic acids is 3. The number of nitrogens with zero attached hydrogens (tertiary/aromatic N) is 2. The van der Waals surface area contributed by atoms with E-state index in [0.717, 1.165) is 12.1 Å². The third-order valence-corrected chi connectivity index (χ3v) is 6.86. The van der Waals surface area contributed by atoms with E-state index < -0.39 is 35.2 Å². The highest BCUT2D eigenvalue weighted by Gasteiger charge is 2.32. The molecule has 1 atom stereocenters. The second-order valence-electron chi connectivity index (χ2n) is 11.9. The number of amides is 3. The van der Waals surface area contributed by atoms with Crippen LogP contribution >= 0.6 is 0 Å². The van der Waals surface area contributed by atoms with E-state index in [-0.39, 0.29) is 43.7 Å². The van der Waals surface area contributed by atoms with E-state index in [0.29, 0.717) is 36.2 Å². The summed E-state index contributed by atoms with van der Waals surface area (Å²) in [5, 5.41) is 5.29. The van der Waals surface area contributed by atoms with Crippen molar-refractivity contribution < 1.29 is 41.4 Å². The number of halogens is 4. The summed E-state index contributed by atoms with van der Waals surface area (Å²) in [6.07, 6.45) is -4.82. The third kappa shape index (κ3) is 10.4. The van der Waals surface area contributed by atoms with Gasteiger partial charge in [-0.15, -0.1) is 0 Å². The van der Waals surface area contributed by atoms with E-state index in [2.05, 4.69) is 10.6 Å². The zero-order valence-electron chi connectivity index (χ0n) is 25.7. The Hall–Kier alpha value is -4.81. The van der Waals surface area contributed by atoms with Gasteiger partial charge in [0.25, 0.3) is 0 Å². The molecule has 3 aromatic rings. The Morgan fingerprint density at radius 1 is 0.935 bits per heavy atom. The molecule has 1 aliphatic heterocycles. The molecule has 1 aliphatic rings. The van der Waals surface area contributed by atoms with Gasteiger partial charge in [0.05, 0.1) is 24.7 Å². The summed E-state index contributed by atoms with van der Waals surface area (Å²) in [7, 11) is 0. The Bertz CT molecular complexity index is 1530. The maximum atomic E-state index is 13.9. The number of hydrogen-bond donors (Lipinski definition) is 2. The Balaban J connectivity index is 1.46. The average Bonchev–Trinajstić information content (AvgIpc) is 3.43. The monoisotopic (exact) mass is 644 g/mol. The van der Waals surface area contributed by atoms with Crippen LogP contribution < -0.4 is 20.3 Å². The fraction of sp³-hybridized carbons (Fsp3) is 0.364. The van der Waals surface area contributed by atoms with Crippen molar-refractivity contribution in [3.05, 3.63) is 89.7 Å². The molecule has 1 saturated heterocycles. The molecule has 46 heavy (non-hydrogen) atoms. The van der Waals surface area contributed by atoms with Gasteiger partial charge in [-0.05, 0) is 75.2 Å². The molecule has 0 aromatic heterocycles. The molecule has 1 heterocycles. The molecule has 3 aromatic carbocycles. The van der Waals surface area contributed by atoms with Crippen LogP contribution in [0, 0.1) is 5.82 Å². The van der Waals surface area contributed by atoms with Crippen LogP contribution in [0.5, 0.6) is 11.5 Å². The number of likely N-dealkylation sites (tertiary alicyclic amines) is 1. The summed E-state index contributed by atoms with van der Waals surface area (Å²) in [6, 6.07) is 17.5. The molecule has 1 fully saturated rings. The number of alkyl carbamates (subject to hydrolysis) is 1. The van der Waals surface area contributed by atoms with Crippen molar-refractivity contribution >= 4 is 23.6 Å². The van der Waals surface area contributed by atoms with Gasteiger partial charge in [0.2, 0.25) is 11.8 Å². The van der Waals surface area contributed by atoms with Crippen molar-refractivity contribution in [3.63, 3.8) is 0 Å². The smallest absolute Gasteiger partial charge is 0.416 e. The highest BCUT2D eigenvalue weighted by atomic mass is 19.4. The lowest BCUT2D eigenvalue weighted by atomic mass is 10.1. The van der Waals surface area contributed by atoms with Crippen LogP contribution in [-0.2, 0) is 27.0 Å². The van der Waals surface area contributed by atoms with Crippen molar-refractivity contribution in [2.75, 3.05) is 31.1 Å². The van der Waals surface area contributed by atoms with Gasteiger partial charge < -0.3 is 29.9 Å².